The van der Waals surface area contributed by atoms with Crippen molar-refractivity contribution >= 4 is 53.0 Å². The van der Waals surface area contributed by atoms with Crippen molar-refractivity contribution in [3.05, 3.63) is 29.0 Å². The number of guanidine groups is 1. The number of thiazole rings is 1. The Morgan fingerprint density at radius 3 is 2.64 bits per heavy atom. The average Bonchev–Trinajstić information content (AvgIpc) is 3.18. The second kappa shape index (κ2) is 12.5. The Labute approximate surface area is 175 Å². The molecular formula is C16H27IN6S2. The molecule has 0 unspecified atom stereocenters. The molecule has 0 aliphatic heterocycles. The minimum absolute atomic E-state index is 0. The molecule has 0 amide bonds. The Balaban J connectivity index is 0.00000312. The summed E-state index contributed by atoms with van der Waals surface area (Å²) in [6, 6.07) is 2.11. The van der Waals surface area contributed by atoms with Gasteiger partial charge in [-0.05, 0) is 32.8 Å². The highest BCUT2D eigenvalue weighted by Gasteiger charge is 2.01. The molecule has 0 saturated heterocycles. The Bertz CT molecular complexity index is 627. The number of rotatable bonds is 9. The molecule has 0 saturated carbocycles. The van der Waals surface area contributed by atoms with Gasteiger partial charge in [0.05, 0.1) is 5.69 Å². The molecule has 0 aliphatic carbocycles. The van der Waals surface area contributed by atoms with E-state index in [4.69, 9.17) is 0 Å². The maximum Gasteiger partial charge on any atom is 0.190 e. The van der Waals surface area contributed by atoms with Gasteiger partial charge in [-0.2, -0.15) is 5.10 Å². The number of aliphatic imine (C=N–C) groups is 1. The van der Waals surface area contributed by atoms with Gasteiger partial charge in [0.15, 0.2) is 5.96 Å². The molecule has 2 aromatic rings. The largest absolute Gasteiger partial charge is 0.356 e. The summed E-state index contributed by atoms with van der Waals surface area (Å²) in [6.45, 7) is 6.84. The first-order chi connectivity index (χ1) is 11.7. The summed E-state index contributed by atoms with van der Waals surface area (Å²) in [4.78, 5) is 8.52. The van der Waals surface area contributed by atoms with Crippen LogP contribution in [0.1, 0.15) is 24.2 Å². The first-order valence-corrected chi connectivity index (χ1v) is 10.0. The lowest BCUT2D eigenvalue weighted by atomic mass is 10.4. The van der Waals surface area contributed by atoms with Crippen molar-refractivity contribution in [2.24, 2.45) is 4.99 Å². The fourth-order valence-corrected chi connectivity index (χ4v) is 3.92. The van der Waals surface area contributed by atoms with Crippen LogP contribution < -0.4 is 10.6 Å². The number of hydrogen-bond acceptors (Lipinski definition) is 5. The number of aryl methyl sites for hydroxylation is 3. The predicted molar refractivity (Wildman–Crippen MR) is 119 cm³/mol. The van der Waals surface area contributed by atoms with Crippen molar-refractivity contribution in [2.45, 2.75) is 37.6 Å². The number of hydrogen-bond donors (Lipinski definition) is 2. The van der Waals surface area contributed by atoms with E-state index in [1.807, 2.05) is 18.5 Å². The highest BCUT2D eigenvalue weighted by molar-refractivity contribution is 14.0. The fourth-order valence-electron chi connectivity index (χ4n) is 2.28. The highest BCUT2D eigenvalue weighted by Crippen LogP contribution is 2.20. The van der Waals surface area contributed by atoms with Crippen molar-refractivity contribution in [1.29, 1.82) is 0 Å². The summed E-state index contributed by atoms with van der Waals surface area (Å²) < 4.78 is 3.20. The molecule has 0 spiro atoms. The number of halogens is 1. The predicted octanol–water partition coefficient (Wildman–Crippen LogP) is 3.31. The molecule has 0 bridgehead atoms. The zero-order valence-corrected chi connectivity index (χ0v) is 19.0. The van der Waals surface area contributed by atoms with Crippen LogP contribution in [0, 0.1) is 13.8 Å². The minimum Gasteiger partial charge on any atom is -0.356 e. The Hall–Kier alpha value is -0.810. The van der Waals surface area contributed by atoms with Crippen LogP contribution in [-0.2, 0) is 6.54 Å². The molecule has 0 radical (unpaired) electrons. The zero-order chi connectivity index (χ0) is 17.2. The molecule has 2 N–H and O–H groups in total. The van der Waals surface area contributed by atoms with E-state index in [0.29, 0.717) is 0 Å². The van der Waals surface area contributed by atoms with E-state index in [0.717, 1.165) is 54.2 Å². The van der Waals surface area contributed by atoms with E-state index in [2.05, 4.69) is 43.4 Å². The topological polar surface area (TPSA) is 67.1 Å². The van der Waals surface area contributed by atoms with Crippen LogP contribution in [0.25, 0.3) is 0 Å². The summed E-state index contributed by atoms with van der Waals surface area (Å²) in [5.41, 5.74) is 2.29. The van der Waals surface area contributed by atoms with Crippen LogP contribution in [0.15, 0.2) is 27.0 Å². The third-order valence-corrected chi connectivity index (χ3v) is 5.47. The zero-order valence-electron chi connectivity index (χ0n) is 15.0. The molecule has 6 nitrogen and oxygen atoms in total. The maximum atomic E-state index is 4.47. The summed E-state index contributed by atoms with van der Waals surface area (Å²) in [5, 5.41) is 13.2. The highest BCUT2D eigenvalue weighted by atomic mass is 127. The molecule has 0 atom stereocenters. The summed E-state index contributed by atoms with van der Waals surface area (Å²) in [6.07, 6.45) is 3.95. The van der Waals surface area contributed by atoms with E-state index >= 15 is 0 Å². The summed E-state index contributed by atoms with van der Waals surface area (Å²) in [5.74, 6) is 1.93. The van der Waals surface area contributed by atoms with Gasteiger partial charge >= 0.3 is 0 Å². The molecule has 0 fully saturated rings. The van der Waals surface area contributed by atoms with Crippen molar-refractivity contribution < 1.29 is 0 Å². The molecule has 9 heteroatoms. The van der Waals surface area contributed by atoms with Gasteiger partial charge in [-0.1, -0.05) is 11.8 Å². The van der Waals surface area contributed by atoms with E-state index in [-0.39, 0.29) is 24.0 Å². The SMILES string of the molecule is CN=C(NCCCSc1nccs1)NCCCn1nc(C)cc1C.I. The van der Waals surface area contributed by atoms with E-state index in [1.54, 1.807) is 30.1 Å². The van der Waals surface area contributed by atoms with Gasteiger partial charge in [0.25, 0.3) is 0 Å². The quantitative estimate of drug-likeness (QED) is 0.184. The van der Waals surface area contributed by atoms with Gasteiger partial charge in [0, 0.05) is 49.7 Å². The van der Waals surface area contributed by atoms with Crippen molar-refractivity contribution in [1.82, 2.24) is 25.4 Å². The lowest BCUT2D eigenvalue weighted by Crippen LogP contribution is -2.38. The van der Waals surface area contributed by atoms with E-state index in [1.165, 1.54) is 5.69 Å². The van der Waals surface area contributed by atoms with Gasteiger partial charge in [-0.3, -0.25) is 9.67 Å². The van der Waals surface area contributed by atoms with Crippen molar-refractivity contribution in [2.75, 3.05) is 25.9 Å². The van der Waals surface area contributed by atoms with Gasteiger partial charge in [-0.15, -0.1) is 35.3 Å². The molecule has 0 aliphatic rings. The van der Waals surface area contributed by atoms with Crippen molar-refractivity contribution in [3.8, 4) is 0 Å². The van der Waals surface area contributed by atoms with Gasteiger partial charge < -0.3 is 10.6 Å². The van der Waals surface area contributed by atoms with Crippen LogP contribution >= 0.6 is 47.1 Å². The van der Waals surface area contributed by atoms with Crippen LogP contribution in [-0.4, -0.2) is 46.6 Å². The summed E-state index contributed by atoms with van der Waals surface area (Å²) in [7, 11) is 1.81. The first kappa shape index (κ1) is 22.2. The van der Waals surface area contributed by atoms with E-state index < -0.39 is 0 Å². The number of aromatic nitrogens is 3. The van der Waals surface area contributed by atoms with E-state index in [9.17, 15) is 0 Å². The fraction of sp³-hybridized carbons (Fsp3) is 0.562. The average molecular weight is 494 g/mol. The Kier molecular flexibility index (Phi) is 11.1. The van der Waals surface area contributed by atoms with Crippen LogP contribution in [0.4, 0.5) is 0 Å². The number of nitrogens with zero attached hydrogens (tertiary/aromatic N) is 4. The minimum atomic E-state index is 0. The Morgan fingerprint density at radius 1 is 1.28 bits per heavy atom. The third-order valence-electron chi connectivity index (χ3n) is 3.41. The monoisotopic (exact) mass is 494 g/mol. The normalized spacial score (nSPS) is 11.2. The Morgan fingerprint density at radius 2 is 2.04 bits per heavy atom. The maximum absolute atomic E-state index is 4.47. The van der Waals surface area contributed by atoms with Crippen LogP contribution in [0.3, 0.4) is 0 Å². The van der Waals surface area contributed by atoms with Crippen LogP contribution in [0.5, 0.6) is 0 Å². The second-order valence-electron chi connectivity index (χ2n) is 5.43. The molecule has 25 heavy (non-hydrogen) atoms. The lowest BCUT2D eigenvalue weighted by Gasteiger charge is -2.12. The van der Waals surface area contributed by atoms with Gasteiger partial charge in [0.2, 0.25) is 0 Å². The van der Waals surface area contributed by atoms with Gasteiger partial charge in [-0.25, -0.2) is 4.98 Å². The van der Waals surface area contributed by atoms with Gasteiger partial charge in [0.1, 0.15) is 4.34 Å². The molecule has 2 rings (SSSR count). The molecular weight excluding hydrogens is 467 g/mol. The lowest BCUT2D eigenvalue weighted by molar-refractivity contribution is 0.555. The number of nitrogens with one attached hydrogen (secondary N) is 2. The first-order valence-electron chi connectivity index (χ1n) is 8.17. The third kappa shape index (κ3) is 8.41. The van der Waals surface area contributed by atoms with Crippen LogP contribution in [0.2, 0.25) is 0 Å². The summed E-state index contributed by atoms with van der Waals surface area (Å²) >= 11 is 3.50. The van der Waals surface area contributed by atoms with Crippen molar-refractivity contribution in [3.63, 3.8) is 0 Å². The molecule has 2 heterocycles. The second-order valence-corrected chi connectivity index (χ2v) is 7.67. The molecule has 140 valence electrons. The number of thioether (sulfide) groups is 1. The standard InChI is InChI=1S/C16H26N6S2.HI/c1-13-12-14(2)22(21-13)9-4-6-18-15(17-3)19-7-5-10-23-16-20-8-11-24-16;/h8,11-12H,4-7,9-10H2,1-3H3,(H2,17,18,19);1H. The molecule has 0 aromatic carbocycles. The smallest absolute Gasteiger partial charge is 0.190 e. The molecule has 2 aromatic heterocycles.